The Hall–Kier alpha value is -2.38. The first kappa shape index (κ1) is 17.0. The van der Waals surface area contributed by atoms with Gasteiger partial charge in [0, 0.05) is 17.2 Å². The number of aliphatic hydroxyl groups is 1. The number of benzene rings is 1. The average molecular weight is 336 g/mol. The summed E-state index contributed by atoms with van der Waals surface area (Å²) < 4.78 is 81.6. The van der Waals surface area contributed by atoms with Gasteiger partial charge in [0.25, 0.3) is 0 Å². The SMILES string of the molecule is CC(C)=C1C(c2c(O)cc(F)c(F)c2F)=C(O)C(F)=C(F)C1F. The normalized spacial score (nSPS) is 18.8. The van der Waals surface area contributed by atoms with Crippen molar-refractivity contribution in [3.05, 3.63) is 57.6 Å². The van der Waals surface area contributed by atoms with Crippen LogP contribution in [0.4, 0.5) is 26.3 Å². The lowest BCUT2D eigenvalue weighted by Crippen LogP contribution is -2.18. The molecule has 0 aliphatic heterocycles. The summed E-state index contributed by atoms with van der Waals surface area (Å²) >= 11 is 0. The molecule has 0 spiro atoms. The molecule has 1 atom stereocenters. The van der Waals surface area contributed by atoms with Gasteiger partial charge in [-0.3, -0.25) is 0 Å². The quantitative estimate of drug-likeness (QED) is 0.565. The maximum atomic E-state index is 14.0. The molecule has 23 heavy (non-hydrogen) atoms. The van der Waals surface area contributed by atoms with Crippen molar-refractivity contribution < 1.29 is 36.6 Å². The molecular formula is C15H10F6O2. The Labute approximate surface area is 126 Å². The van der Waals surface area contributed by atoms with Crippen molar-refractivity contribution in [1.82, 2.24) is 0 Å². The fraction of sp³-hybridized carbons (Fsp3) is 0.200. The van der Waals surface area contributed by atoms with Crippen LogP contribution in [0.2, 0.25) is 0 Å². The molecule has 0 saturated carbocycles. The highest BCUT2D eigenvalue weighted by Gasteiger charge is 2.39. The molecule has 0 fully saturated rings. The average Bonchev–Trinajstić information content (AvgIpc) is 2.47. The van der Waals surface area contributed by atoms with Crippen LogP contribution in [0.3, 0.4) is 0 Å². The number of rotatable bonds is 1. The molecule has 0 amide bonds. The monoisotopic (exact) mass is 336 g/mol. The molecule has 0 saturated heterocycles. The minimum Gasteiger partial charge on any atom is -0.507 e. The summed E-state index contributed by atoms with van der Waals surface area (Å²) in [6, 6.07) is 0.177. The minimum atomic E-state index is -2.70. The molecule has 0 aromatic heterocycles. The number of hydrogen-bond acceptors (Lipinski definition) is 2. The Morgan fingerprint density at radius 1 is 1.00 bits per heavy atom. The minimum absolute atomic E-state index is 0.00485. The standard InChI is InChI=1S/C15H10F6O2/c1-4(2)7-9(15(23)14(21)13(20)11(7)18)8-6(22)3-5(16)10(17)12(8)19/h3,11,22-23H,1-2H3. The lowest BCUT2D eigenvalue weighted by molar-refractivity contribution is 0.317. The fourth-order valence-corrected chi connectivity index (χ4v) is 2.29. The van der Waals surface area contributed by atoms with E-state index in [4.69, 9.17) is 0 Å². The molecule has 0 bridgehead atoms. The van der Waals surface area contributed by atoms with E-state index in [-0.39, 0.29) is 11.6 Å². The molecule has 1 aromatic carbocycles. The third-order valence-corrected chi connectivity index (χ3v) is 3.33. The predicted octanol–water partition coefficient (Wildman–Crippen LogP) is 4.92. The lowest BCUT2D eigenvalue weighted by atomic mass is 9.85. The highest BCUT2D eigenvalue weighted by atomic mass is 19.2. The molecule has 0 radical (unpaired) electrons. The van der Waals surface area contributed by atoms with E-state index in [1.165, 1.54) is 13.8 Å². The molecule has 1 aromatic rings. The van der Waals surface area contributed by atoms with Crippen molar-refractivity contribution in [3.8, 4) is 5.75 Å². The molecule has 2 nitrogen and oxygen atoms in total. The van der Waals surface area contributed by atoms with Gasteiger partial charge in [-0.1, -0.05) is 5.57 Å². The van der Waals surface area contributed by atoms with Crippen LogP contribution >= 0.6 is 0 Å². The van der Waals surface area contributed by atoms with Gasteiger partial charge < -0.3 is 10.2 Å². The largest absolute Gasteiger partial charge is 0.507 e. The molecule has 1 aliphatic rings. The summed E-state index contributed by atoms with van der Waals surface area (Å²) in [5.41, 5.74) is -2.83. The summed E-state index contributed by atoms with van der Waals surface area (Å²) in [4.78, 5) is 0. The summed E-state index contributed by atoms with van der Waals surface area (Å²) in [6.45, 7) is 2.50. The number of hydrogen-bond donors (Lipinski definition) is 2. The Morgan fingerprint density at radius 2 is 1.57 bits per heavy atom. The van der Waals surface area contributed by atoms with E-state index in [2.05, 4.69) is 0 Å². The van der Waals surface area contributed by atoms with Crippen molar-refractivity contribution in [1.29, 1.82) is 0 Å². The topological polar surface area (TPSA) is 40.5 Å². The Morgan fingerprint density at radius 3 is 2.09 bits per heavy atom. The Kier molecular flexibility index (Phi) is 4.19. The highest BCUT2D eigenvalue weighted by molar-refractivity contribution is 5.88. The van der Waals surface area contributed by atoms with Gasteiger partial charge in [-0.05, 0) is 13.8 Å². The van der Waals surface area contributed by atoms with Crippen LogP contribution in [-0.2, 0) is 0 Å². The zero-order valence-electron chi connectivity index (χ0n) is 11.8. The van der Waals surface area contributed by atoms with E-state index >= 15 is 0 Å². The van der Waals surface area contributed by atoms with E-state index in [9.17, 15) is 36.6 Å². The first-order valence-electron chi connectivity index (χ1n) is 6.27. The number of halogens is 6. The zero-order valence-corrected chi connectivity index (χ0v) is 11.8. The molecule has 2 rings (SSSR count). The third kappa shape index (κ3) is 2.47. The molecule has 1 aliphatic carbocycles. The number of alkyl halides is 1. The van der Waals surface area contributed by atoms with Crippen LogP contribution in [-0.4, -0.2) is 16.4 Å². The van der Waals surface area contributed by atoms with Crippen LogP contribution in [0.15, 0.2) is 34.6 Å². The number of aromatic hydroxyl groups is 1. The van der Waals surface area contributed by atoms with Crippen LogP contribution in [0.25, 0.3) is 5.57 Å². The first-order valence-corrected chi connectivity index (χ1v) is 6.27. The number of phenolic OH excluding ortho intramolecular Hbond substituents is 1. The summed E-state index contributed by atoms with van der Waals surface area (Å²) in [6.07, 6.45) is -2.70. The maximum Gasteiger partial charge on any atom is 0.200 e. The molecule has 8 heteroatoms. The van der Waals surface area contributed by atoms with Crippen molar-refractivity contribution in [3.63, 3.8) is 0 Å². The second-order valence-corrected chi connectivity index (χ2v) is 5.04. The van der Waals surface area contributed by atoms with Crippen molar-refractivity contribution in [2.45, 2.75) is 20.0 Å². The molecule has 2 N–H and O–H groups in total. The molecule has 124 valence electrons. The van der Waals surface area contributed by atoms with Crippen LogP contribution in [0.5, 0.6) is 5.75 Å². The Bertz CT molecular complexity index is 788. The summed E-state index contributed by atoms with van der Waals surface area (Å²) in [5, 5.41) is 19.4. The van der Waals surface area contributed by atoms with Crippen molar-refractivity contribution >= 4 is 5.57 Å². The van der Waals surface area contributed by atoms with E-state index in [0.29, 0.717) is 0 Å². The van der Waals surface area contributed by atoms with Gasteiger partial charge in [-0.2, -0.15) is 4.39 Å². The van der Waals surface area contributed by atoms with Gasteiger partial charge >= 0.3 is 0 Å². The van der Waals surface area contributed by atoms with Gasteiger partial charge in [-0.25, -0.2) is 22.0 Å². The third-order valence-electron chi connectivity index (χ3n) is 3.33. The first-order chi connectivity index (χ1) is 10.6. The number of aliphatic hydroxyl groups excluding tert-OH is 1. The zero-order chi connectivity index (χ0) is 17.6. The van der Waals surface area contributed by atoms with Gasteiger partial charge in [-0.15, -0.1) is 0 Å². The van der Waals surface area contributed by atoms with Crippen LogP contribution in [0.1, 0.15) is 19.4 Å². The molecule has 1 unspecified atom stereocenters. The predicted molar refractivity (Wildman–Crippen MR) is 70.0 cm³/mol. The van der Waals surface area contributed by atoms with Gasteiger partial charge in [0.2, 0.25) is 0 Å². The van der Waals surface area contributed by atoms with Gasteiger partial charge in [0.05, 0.1) is 5.56 Å². The van der Waals surface area contributed by atoms with Gasteiger partial charge in [0.15, 0.2) is 41.0 Å². The number of allylic oxidation sites excluding steroid dienone is 5. The van der Waals surface area contributed by atoms with Gasteiger partial charge in [0.1, 0.15) is 5.75 Å². The summed E-state index contributed by atoms with van der Waals surface area (Å²) in [5.74, 6) is -12.4. The Balaban J connectivity index is 2.95. The van der Waals surface area contributed by atoms with Crippen LogP contribution < -0.4 is 0 Å². The summed E-state index contributed by atoms with van der Waals surface area (Å²) in [7, 11) is 0. The maximum absolute atomic E-state index is 14.0. The second kappa shape index (κ2) is 5.68. The van der Waals surface area contributed by atoms with Crippen molar-refractivity contribution in [2.24, 2.45) is 0 Å². The smallest absolute Gasteiger partial charge is 0.200 e. The lowest BCUT2D eigenvalue weighted by Gasteiger charge is -2.24. The van der Waals surface area contributed by atoms with E-state index in [0.717, 1.165) is 0 Å². The van der Waals surface area contributed by atoms with E-state index < -0.39 is 63.5 Å². The van der Waals surface area contributed by atoms with Crippen LogP contribution in [0, 0.1) is 17.5 Å². The second-order valence-electron chi connectivity index (χ2n) is 5.04. The highest BCUT2D eigenvalue weighted by Crippen LogP contribution is 2.46. The molecule has 0 heterocycles. The number of phenols is 1. The molecular weight excluding hydrogens is 326 g/mol. The van der Waals surface area contributed by atoms with Crippen molar-refractivity contribution in [2.75, 3.05) is 0 Å². The fourth-order valence-electron chi connectivity index (χ4n) is 2.29. The van der Waals surface area contributed by atoms with E-state index in [1.807, 2.05) is 0 Å². The van der Waals surface area contributed by atoms with E-state index in [1.54, 1.807) is 0 Å².